The summed E-state index contributed by atoms with van der Waals surface area (Å²) in [4.78, 5) is 18.6. The molecule has 0 rings (SSSR count). The van der Waals surface area contributed by atoms with Crippen LogP contribution >= 0.6 is 7.82 Å². The topological polar surface area (TPSA) is 66.8 Å². The molecule has 0 radical (unpaired) electrons. The lowest BCUT2D eigenvalue weighted by Gasteiger charge is -2.18. The summed E-state index contributed by atoms with van der Waals surface area (Å²) in [5.74, 6) is 0. The molecule has 0 aromatic heterocycles. The van der Waals surface area contributed by atoms with Crippen LogP contribution in [0.3, 0.4) is 0 Å². The summed E-state index contributed by atoms with van der Waals surface area (Å²) in [5, 5.41) is 0. The molecule has 0 aromatic carbocycles. The van der Waals surface area contributed by atoms with Crippen molar-refractivity contribution >= 4 is 7.82 Å². The van der Waals surface area contributed by atoms with Crippen LogP contribution < -0.4 is 0 Å². The van der Waals surface area contributed by atoms with Gasteiger partial charge in [0.05, 0.1) is 6.10 Å². The van der Waals surface area contributed by atoms with Gasteiger partial charge in [0.2, 0.25) is 0 Å². The molecule has 0 saturated heterocycles. The number of hydrogen-bond donors (Lipinski definition) is 2. The van der Waals surface area contributed by atoms with Crippen molar-refractivity contribution in [1.82, 2.24) is 0 Å². The fraction of sp³-hybridized carbons (Fsp3) is 0.941. The maximum absolute atomic E-state index is 11.4. The van der Waals surface area contributed by atoms with Gasteiger partial charge in [0, 0.05) is 0 Å². The first-order chi connectivity index (χ1) is 19.0. The average Bonchev–Trinajstić information content (AvgIpc) is 2.90. The van der Waals surface area contributed by atoms with Crippen molar-refractivity contribution in [2.45, 2.75) is 206 Å². The van der Waals surface area contributed by atoms with Crippen molar-refractivity contribution in [3.8, 4) is 0 Å². The van der Waals surface area contributed by atoms with E-state index in [1.807, 2.05) is 0 Å². The molecule has 1 atom stereocenters. The van der Waals surface area contributed by atoms with E-state index < -0.39 is 7.82 Å². The number of hydrogen-bond acceptors (Lipinski definition) is 2. The molecule has 0 spiro atoms. The summed E-state index contributed by atoms with van der Waals surface area (Å²) in [6, 6.07) is 0. The maximum Gasteiger partial charge on any atom is 0.469 e. The van der Waals surface area contributed by atoms with Gasteiger partial charge in [-0.05, 0) is 38.5 Å². The summed E-state index contributed by atoms with van der Waals surface area (Å²) in [5.41, 5.74) is 0. The largest absolute Gasteiger partial charge is 0.469 e. The van der Waals surface area contributed by atoms with Gasteiger partial charge < -0.3 is 9.79 Å². The highest BCUT2D eigenvalue weighted by Gasteiger charge is 2.21. The highest BCUT2D eigenvalue weighted by molar-refractivity contribution is 7.46. The molecule has 5 heteroatoms. The predicted octanol–water partition coefficient (Wildman–Crippen LogP) is 12.4. The van der Waals surface area contributed by atoms with Crippen LogP contribution in [0.2, 0.25) is 0 Å². The molecule has 0 aromatic rings. The maximum atomic E-state index is 11.4. The Morgan fingerprint density at radius 3 is 1.08 bits per heavy atom. The quantitative estimate of drug-likeness (QED) is 0.0478. The summed E-state index contributed by atoms with van der Waals surface area (Å²) in [7, 11) is -4.41. The highest BCUT2D eigenvalue weighted by Crippen LogP contribution is 2.39. The van der Waals surface area contributed by atoms with Gasteiger partial charge in [-0.3, -0.25) is 4.52 Å². The molecular formula is C34H69O4P. The van der Waals surface area contributed by atoms with Crippen molar-refractivity contribution in [3.05, 3.63) is 12.2 Å². The second-order valence-corrected chi connectivity index (χ2v) is 13.2. The minimum Gasteiger partial charge on any atom is -0.303 e. The van der Waals surface area contributed by atoms with E-state index >= 15 is 0 Å². The Morgan fingerprint density at radius 2 is 0.769 bits per heavy atom. The smallest absolute Gasteiger partial charge is 0.303 e. The number of unbranched alkanes of at least 4 members (excludes halogenated alkanes) is 24. The molecule has 0 heterocycles. The SMILES string of the molecule is CCCCCCCC/C=C/CCCCCCCC(CCCCCCCCCCCCCCCC)OP(=O)(O)O. The van der Waals surface area contributed by atoms with Gasteiger partial charge in [0.15, 0.2) is 0 Å². The Morgan fingerprint density at radius 1 is 0.487 bits per heavy atom. The Kier molecular flexibility index (Phi) is 30.7. The molecule has 0 aliphatic rings. The fourth-order valence-corrected chi connectivity index (χ4v) is 6.05. The molecule has 0 aliphatic heterocycles. The van der Waals surface area contributed by atoms with Crippen molar-refractivity contribution in [2.24, 2.45) is 0 Å². The van der Waals surface area contributed by atoms with Gasteiger partial charge >= 0.3 is 7.82 Å². The van der Waals surface area contributed by atoms with E-state index in [0.717, 1.165) is 38.5 Å². The molecule has 0 amide bonds. The second-order valence-electron chi connectivity index (χ2n) is 12.0. The van der Waals surface area contributed by atoms with Crippen LogP contribution in [-0.4, -0.2) is 15.9 Å². The number of phosphoric ester groups is 1. The van der Waals surface area contributed by atoms with Gasteiger partial charge in [0.25, 0.3) is 0 Å². The third-order valence-electron chi connectivity index (χ3n) is 7.95. The molecule has 4 nitrogen and oxygen atoms in total. The van der Waals surface area contributed by atoms with Gasteiger partial charge in [0.1, 0.15) is 0 Å². The molecule has 0 aliphatic carbocycles. The Balaban J connectivity index is 3.66. The van der Waals surface area contributed by atoms with Crippen molar-refractivity contribution in [1.29, 1.82) is 0 Å². The molecule has 0 bridgehead atoms. The second kappa shape index (κ2) is 30.8. The van der Waals surface area contributed by atoms with Crippen LogP contribution in [0.1, 0.15) is 200 Å². The number of phosphoric acid groups is 1. The minimum absolute atomic E-state index is 0.298. The number of rotatable bonds is 32. The first-order valence-electron chi connectivity index (χ1n) is 17.4. The summed E-state index contributed by atoms with van der Waals surface area (Å²) < 4.78 is 16.5. The van der Waals surface area contributed by atoms with Crippen LogP contribution in [-0.2, 0) is 9.09 Å². The highest BCUT2D eigenvalue weighted by atomic mass is 31.2. The lowest BCUT2D eigenvalue weighted by molar-refractivity contribution is 0.115. The van der Waals surface area contributed by atoms with E-state index in [2.05, 4.69) is 26.0 Å². The van der Waals surface area contributed by atoms with E-state index in [-0.39, 0.29) is 6.10 Å². The zero-order valence-corrected chi connectivity index (χ0v) is 27.3. The van der Waals surface area contributed by atoms with Crippen LogP contribution in [0.4, 0.5) is 0 Å². The third-order valence-corrected chi connectivity index (χ3v) is 8.53. The van der Waals surface area contributed by atoms with E-state index in [0.29, 0.717) is 0 Å². The zero-order chi connectivity index (χ0) is 28.7. The van der Waals surface area contributed by atoms with E-state index in [9.17, 15) is 14.4 Å². The molecule has 2 N–H and O–H groups in total. The van der Waals surface area contributed by atoms with Crippen LogP contribution in [0.25, 0.3) is 0 Å². The molecule has 1 unspecified atom stereocenters. The van der Waals surface area contributed by atoms with Gasteiger partial charge in [-0.2, -0.15) is 0 Å². The standard InChI is InChI=1S/C34H69O4P/c1-3-5-7-9-11-13-15-17-19-21-23-25-27-29-31-33-34(38-39(35,36)37)32-30-28-26-24-22-20-18-16-14-12-10-8-6-4-2/h17,19,34H,3-16,18,20-33H2,1-2H3,(H2,35,36,37)/b19-17+. The van der Waals surface area contributed by atoms with Crippen molar-refractivity contribution < 1.29 is 18.9 Å². The normalized spacial score (nSPS) is 13.0. The molecular weight excluding hydrogens is 503 g/mol. The Labute approximate surface area is 244 Å². The van der Waals surface area contributed by atoms with Gasteiger partial charge in [-0.15, -0.1) is 0 Å². The van der Waals surface area contributed by atoms with Crippen LogP contribution in [0.5, 0.6) is 0 Å². The van der Waals surface area contributed by atoms with Crippen molar-refractivity contribution in [3.63, 3.8) is 0 Å². The van der Waals surface area contributed by atoms with Crippen LogP contribution in [0.15, 0.2) is 12.2 Å². The summed E-state index contributed by atoms with van der Waals surface area (Å²) in [6.07, 6.45) is 40.8. The first kappa shape index (κ1) is 38.9. The molecule has 39 heavy (non-hydrogen) atoms. The first-order valence-corrected chi connectivity index (χ1v) is 18.9. The monoisotopic (exact) mass is 572 g/mol. The van der Waals surface area contributed by atoms with Gasteiger partial charge in [-0.1, -0.05) is 174 Å². The lowest BCUT2D eigenvalue weighted by atomic mass is 10.0. The summed E-state index contributed by atoms with van der Waals surface area (Å²) >= 11 is 0. The third kappa shape index (κ3) is 34.0. The number of allylic oxidation sites excluding steroid dienone is 2. The zero-order valence-electron chi connectivity index (χ0n) is 26.4. The Hall–Kier alpha value is -0.150. The van der Waals surface area contributed by atoms with Gasteiger partial charge in [-0.25, -0.2) is 4.57 Å². The molecule has 234 valence electrons. The lowest BCUT2D eigenvalue weighted by Crippen LogP contribution is -2.11. The van der Waals surface area contributed by atoms with E-state index in [4.69, 9.17) is 4.52 Å². The van der Waals surface area contributed by atoms with E-state index in [1.165, 1.54) is 148 Å². The predicted molar refractivity (Wildman–Crippen MR) is 171 cm³/mol. The van der Waals surface area contributed by atoms with E-state index in [1.54, 1.807) is 0 Å². The molecule has 0 fully saturated rings. The summed E-state index contributed by atoms with van der Waals surface area (Å²) in [6.45, 7) is 4.54. The minimum atomic E-state index is -4.41. The Bertz CT molecular complexity index is 545. The fourth-order valence-electron chi connectivity index (χ4n) is 5.45. The van der Waals surface area contributed by atoms with Crippen LogP contribution in [0, 0.1) is 0 Å². The average molecular weight is 573 g/mol. The molecule has 0 saturated carbocycles. The van der Waals surface area contributed by atoms with Crippen molar-refractivity contribution in [2.75, 3.05) is 0 Å².